The van der Waals surface area contributed by atoms with Crippen LogP contribution in [0.2, 0.25) is 0 Å². The molecule has 2 aliphatic heterocycles. The molecule has 0 unspecified atom stereocenters. The Balaban J connectivity index is 1.54. The van der Waals surface area contributed by atoms with Crippen LogP contribution in [0, 0.1) is 0 Å². The number of aliphatic carboxylic acids is 1. The number of carbonyl (C=O) groups is 3. The van der Waals surface area contributed by atoms with Crippen LogP contribution in [0.1, 0.15) is 13.8 Å². The summed E-state index contributed by atoms with van der Waals surface area (Å²) in [6.45, 7) is 3.38. The van der Waals surface area contributed by atoms with Crippen molar-refractivity contribution in [2.24, 2.45) is 0 Å². The summed E-state index contributed by atoms with van der Waals surface area (Å²) in [5, 5.41) is 12.2. The van der Waals surface area contributed by atoms with Gasteiger partial charge in [0.15, 0.2) is 5.43 Å². The molecular formula is C19H20N4O5S. The molecule has 10 heteroatoms. The van der Waals surface area contributed by atoms with Gasteiger partial charge in [-0.1, -0.05) is 12.1 Å². The van der Waals surface area contributed by atoms with Gasteiger partial charge in [0.2, 0.25) is 11.8 Å². The van der Waals surface area contributed by atoms with E-state index in [9.17, 15) is 24.3 Å². The van der Waals surface area contributed by atoms with Crippen molar-refractivity contribution < 1.29 is 19.5 Å². The van der Waals surface area contributed by atoms with Gasteiger partial charge in [-0.3, -0.25) is 14.4 Å². The van der Waals surface area contributed by atoms with E-state index < -0.39 is 40.0 Å². The number of nitrogens with two attached hydrogens (primary N) is 1. The normalized spacial score (nSPS) is 24.8. The van der Waals surface area contributed by atoms with E-state index in [0.717, 1.165) is 0 Å². The molecule has 2 saturated heterocycles. The third-order valence-electron chi connectivity index (χ3n) is 5.34. The monoisotopic (exact) mass is 416 g/mol. The Hall–Kier alpha value is -3.01. The molecule has 2 aromatic rings. The quantitative estimate of drug-likeness (QED) is 0.607. The van der Waals surface area contributed by atoms with Crippen molar-refractivity contribution in [3.05, 3.63) is 40.6 Å². The van der Waals surface area contributed by atoms with Crippen molar-refractivity contribution >= 4 is 46.3 Å². The molecule has 2 fully saturated rings. The molecule has 0 bridgehead atoms. The van der Waals surface area contributed by atoms with Crippen molar-refractivity contribution in [1.29, 1.82) is 0 Å². The number of carboxylic acids is 1. The summed E-state index contributed by atoms with van der Waals surface area (Å²) >= 11 is 1.36. The molecule has 4 rings (SSSR count). The minimum Gasteiger partial charge on any atom is -0.480 e. The van der Waals surface area contributed by atoms with Crippen molar-refractivity contribution in [3.63, 3.8) is 0 Å². The van der Waals surface area contributed by atoms with Crippen molar-refractivity contribution in [2.45, 2.75) is 42.6 Å². The highest BCUT2D eigenvalue weighted by Crippen LogP contribution is 2.50. The molecule has 1 aromatic carbocycles. The first-order valence-corrected chi connectivity index (χ1v) is 9.90. The number of nitrogens with zero attached hydrogens (tertiary/aromatic N) is 2. The Bertz CT molecular complexity index is 1110. The van der Waals surface area contributed by atoms with Crippen LogP contribution < -0.4 is 16.5 Å². The van der Waals surface area contributed by atoms with Gasteiger partial charge >= 0.3 is 5.97 Å². The molecule has 4 N–H and O–H groups in total. The fraction of sp³-hybridized carbons (Fsp3) is 0.368. The lowest BCUT2D eigenvalue weighted by Crippen LogP contribution is -2.70. The average molecular weight is 416 g/mol. The lowest BCUT2D eigenvalue weighted by atomic mass is 9.96. The van der Waals surface area contributed by atoms with E-state index in [2.05, 4.69) is 5.32 Å². The van der Waals surface area contributed by atoms with Gasteiger partial charge in [-0.25, -0.2) is 4.79 Å². The largest absolute Gasteiger partial charge is 0.480 e. The van der Waals surface area contributed by atoms with Gasteiger partial charge in [0, 0.05) is 16.2 Å². The van der Waals surface area contributed by atoms with Gasteiger partial charge in [-0.15, -0.1) is 11.8 Å². The fourth-order valence-electron chi connectivity index (χ4n) is 4.03. The van der Waals surface area contributed by atoms with Crippen LogP contribution in [0.25, 0.3) is 10.9 Å². The van der Waals surface area contributed by atoms with Crippen LogP contribution >= 0.6 is 11.8 Å². The van der Waals surface area contributed by atoms with E-state index in [-0.39, 0.29) is 17.8 Å². The predicted octanol–water partition coefficient (Wildman–Crippen LogP) is 0.215. The molecule has 2 aliphatic rings. The Labute approximate surface area is 169 Å². The van der Waals surface area contributed by atoms with Crippen LogP contribution in [0.4, 0.5) is 5.82 Å². The number of nitrogens with one attached hydrogen (secondary N) is 1. The maximum absolute atomic E-state index is 12.6. The summed E-state index contributed by atoms with van der Waals surface area (Å²) in [5.41, 5.74) is 6.24. The number of carbonyl (C=O) groups excluding carboxylic acids is 2. The summed E-state index contributed by atoms with van der Waals surface area (Å²) in [5.74, 6) is -1.77. The molecule has 3 heterocycles. The van der Waals surface area contributed by atoms with Gasteiger partial charge in [0.1, 0.15) is 29.8 Å². The maximum Gasteiger partial charge on any atom is 0.327 e. The second-order valence-corrected chi connectivity index (χ2v) is 9.45. The van der Waals surface area contributed by atoms with E-state index in [0.29, 0.717) is 10.9 Å². The molecule has 0 saturated carbocycles. The number of benzene rings is 1. The second kappa shape index (κ2) is 6.51. The lowest BCUT2D eigenvalue weighted by Gasteiger charge is -2.43. The first-order valence-electron chi connectivity index (χ1n) is 9.02. The third-order valence-corrected chi connectivity index (χ3v) is 6.92. The number of nitrogen functional groups attached to an aromatic ring is 1. The van der Waals surface area contributed by atoms with Crippen molar-refractivity contribution in [3.8, 4) is 0 Å². The Morgan fingerprint density at radius 1 is 1.28 bits per heavy atom. The van der Waals surface area contributed by atoms with E-state index in [4.69, 9.17) is 5.73 Å². The van der Waals surface area contributed by atoms with E-state index in [1.165, 1.54) is 27.3 Å². The first-order chi connectivity index (χ1) is 13.6. The Morgan fingerprint density at radius 2 is 1.97 bits per heavy atom. The summed E-state index contributed by atoms with van der Waals surface area (Å²) in [6, 6.07) is 6.36. The molecule has 0 spiro atoms. The number of fused-ring (bicyclic) bond motifs is 2. The van der Waals surface area contributed by atoms with Crippen LogP contribution in [0.5, 0.6) is 0 Å². The summed E-state index contributed by atoms with van der Waals surface area (Å²) in [4.78, 5) is 50.2. The number of aromatic nitrogens is 1. The number of para-hydroxylation sites is 1. The van der Waals surface area contributed by atoms with Gasteiger partial charge in [0.25, 0.3) is 0 Å². The molecular weight excluding hydrogens is 396 g/mol. The Kier molecular flexibility index (Phi) is 4.34. The zero-order valence-corrected chi connectivity index (χ0v) is 16.6. The molecule has 1 aromatic heterocycles. The molecule has 0 radical (unpaired) electrons. The number of hydrogen-bond acceptors (Lipinski definition) is 6. The fourth-order valence-corrected chi connectivity index (χ4v) is 5.66. The van der Waals surface area contributed by atoms with E-state index >= 15 is 0 Å². The number of pyridine rings is 1. The number of carboxylic acid groups (broad SMARTS) is 1. The number of thioether (sulfide) groups is 1. The maximum atomic E-state index is 12.6. The molecule has 3 atom stereocenters. The first kappa shape index (κ1) is 19.3. The number of amides is 2. The molecule has 29 heavy (non-hydrogen) atoms. The lowest BCUT2D eigenvalue weighted by molar-refractivity contribution is -0.161. The zero-order chi connectivity index (χ0) is 21.1. The van der Waals surface area contributed by atoms with Crippen molar-refractivity contribution in [2.75, 3.05) is 5.73 Å². The number of anilines is 1. The Morgan fingerprint density at radius 3 is 2.66 bits per heavy atom. The van der Waals surface area contributed by atoms with Gasteiger partial charge < -0.3 is 25.6 Å². The van der Waals surface area contributed by atoms with E-state index in [1.807, 2.05) is 0 Å². The summed E-state index contributed by atoms with van der Waals surface area (Å²) in [7, 11) is 0. The summed E-state index contributed by atoms with van der Waals surface area (Å²) in [6.07, 6.45) is 0. The molecule has 9 nitrogen and oxygen atoms in total. The highest BCUT2D eigenvalue weighted by molar-refractivity contribution is 8.01. The highest BCUT2D eigenvalue weighted by atomic mass is 32.2. The second-order valence-electron chi connectivity index (χ2n) is 7.68. The average Bonchev–Trinajstić information content (AvgIpc) is 2.91. The van der Waals surface area contributed by atoms with Gasteiger partial charge in [-0.2, -0.15) is 0 Å². The van der Waals surface area contributed by atoms with Crippen LogP contribution in [-0.4, -0.2) is 54.6 Å². The third kappa shape index (κ3) is 2.94. The van der Waals surface area contributed by atoms with Crippen LogP contribution in [-0.2, 0) is 20.9 Å². The summed E-state index contributed by atoms with van der Waals surface area (Å²) < 4.78 is 0.851. The smallest absolute Gasteiger partial charge is 0.327 e. The predicted molar refractivity (Wildman–Crippen MR) is 108 cm³/mol. The van der Waals surface area contributed by atoms with Crippen LogP contribution in [0.15, 0.2) is 35.1 Å². The minimum absolute atomic E-state index is 0.146. The molecule has 0 aliphatic carbocycles. The zero-order valence-electron chi connectivity index (χ0n) is 15.8. The van der Waals surface area contributed by atoms with Gasteiger partial charge in [-0.05, 0) is 26.0 Å². The topological polar surface area (TPSA) is 135 Å². The number of hydrogen-bond donors (Lipinski definition) is 3. The molecule has 2 amide bonds. The number of β-lactam (4-membered cyclic amide) rings is 1. The number of rotatable bonds is 4. The van der Waals surface area contributed by atoms with Crippen LogP contribution in [0.3, 0.4) is 0 Å². The SMILES string of the molecule is CC1(C)S[C@@H]2[C@H](NC(=O)Cn3c(N)cc(=O)c4ccccc43)C(=O)N2[C@H]1C(=O)O. The van der Waals surface area contributed by atoms with E-state index in [1.54, 1.807) is 38.1 Å². The van der Waals surface area contributed by atoms with Gasteiger partial charge in [0.05, 0.1) is 5.52 Å². The van der Waals surface area contributed by atoms with Crippen molar-refractivity contribution in [1.82, 2.24) is 14.8 Å². The highest BCUT2D eigenvalue weighted by Gasteiger charge is 2.64. The molecule has 152 valence electrons. The minimum atomic E-state index is -1.06. The standard InChI is InChI=1S/C19H20N4O5S/c1-19(2)15(18(27)28)23-16(26)14(17(23)29-19)21-13(25)8-22-10-6-4-3-5-9(10)11(24)7-12(22)20/h3-7,14-15,17H,8,20H2,1-2H3,(H,21,25)(H,27,28)/t14-,15+,17-/m1/s1.